The van der Waals surface area contributed by atoms with E-state index in [2.05, 4.69) is 17.4 Å². The van der Waals surface area contributed by atoms with Crippen LogP contribution in [0.25, 0.3) is 0 Å². The van der Waals surface area contributed by atoms with Gasteiger partial charge < -0.3 is 19.9 Å². The largest absolute Gasteiger partial charge is 0.491 e. The third-order valence-electron chi connectivity index (χ3n) is 3.60. The number of aryl methyl sites for hydroxylation is 1. The molecule has 0 amide bonds. The van der Waals surface area contributed by atoms with Gasteiger partial charge in [0, 0.05) is 6.04 Å². The number of aliphatic hydroxyl groups is 1. The van der Waals surface area contributed by atoms with Crippen LogP contribution in [0.1, 0.15) is 37.4 Å². The molecule has 1 aliphatic rings. The highest BCUT2D eigenvalue weighted by Crippen LogP contribution is 2.33. The van der Waals surface area contributed by atoms with E-state index in [-0.39, 0.29) is 12.7 Å². The van der Waals surface area contributed by atoms with Crippen molar-refractivity contribution in [1.29, 1.82) is 0 Å². The molecule has 2 unspecified atom stereocenters. The predicted molar refractivity (Wildman–Crippen MR) is 79.2 cm³/mol. The highest BCUT2D eigenvalue weighted by atomic mass is 16.5. The van der Waals surface area contributed by atoms with E-state index in [1.807, 2.05) is 27.0 Å². The van der Waals surface area contributed by atoms with Crippen LogP contribution in [0.15, 0.2) is 18.2 Å². The molecule has 4 nitrogen and oxygen atoms in total. The molecule has 0 saturated heterocycles. The fourth-order valence-corrected chi connectivity index (χ4v) is 2.53. The number of ether oxygens (including phenoxy) is 2. The lowest BCUT2D eigenvalue weighted by atomic mass is 10.1. The Balaban J connectivity index is 1.85. The minimum atomic E-state index is -0.587. The molecule has 1 aromatic rings. The zero-order valence-electron chi connectivity index (χ0n) is 12.6. The molecule has 0 radical (unpaired) electrons. The van der Waals surface area contributed by atoms with Crippen molar-refractivity contribution >= 4 is 0 Å². The van der Waals surface area contributed by atoms with Crippen molar-refractivity contribution < 1.29 is 14.6 Å². The average molecular weight is 279 g/mol. The molecule has 0 aliphatic heterocycles. The Kier molecular flexibility index (Phi) is 5.40. The van der Waals surface area contributed by atoms with Gasteiger partial charge in [0.1, 0.15) is 18.5 Å². The molecular weight excluding hydrogens is 254 g/mol. The van der Waals surface area contributed by atoms with Crippen molar-refractivity contribution in [2.24, 2.45) is 0 Å². The lowest BCUT2D eigenvalue weighted by Gasteiger charge is -2.15. The van der Waals surface area contributed by atoms with Gasteiger partial charge in [-0.1, -0.05) is 6.07 Å². The fraction of sp³-hybridized carbons (Fsp3) is 0.625. The second-order valence-electron chi connectivity index (χ2n) is 5.59. The van der Waals surface area contributed by atoms with E-state index in [0.29, 0.717) is 12.6 Å². The van der Waals surface area contributed by atoms with E-state index in [1.54, 1.807) is 0 Å². The van der Waals surface area contributed by atoms with Gasteiger partial charge in [-0.25, -0.2) is 0 Å². The molecular formula is C16H25NO3. The molecule has 2 atom stereocenters. The first-order chi connectivity index (χ1) is 9.60. The first-order valence-electron chi connectivity index (χ1n) is 7.32. The van der Waals surface area contributed by atoms with E-state index in [4.69, 9.17) is 9.47 Å². The van der Waals surface area contributed by atoms with Gasteiger partial charge >= 0.3 is 0 Å². The van der Waals surface area contributed by atoms with Gasteiger partial charge in [0.2, 0.25) is 0 Å². The summed E-state index contributed by atoms with van der Waals surface area (Å²) in [6, 6.07) is 6.65. The summed E-state index contributed by atoms with van der Waals surface area (Å²) in [6.45, 7) is 4.48. The summed E-state index contributed by atoms with van der Waals surface area (Å²) in [4.78, 5) is 0. The molecule has 0 bridgehead atoms. The van der Waals surface area contributed by atoms with Crippen LogP contribution < -0.4 is 10.1 Å². The Hall–Kier alpha value is -1.10. The van der Waals surface area contributed by atoms with Gasteiger partial charge in [0.15, 0.2) is 0 Å². The molecule has 112 valence electrons. The molecule has 0 heterocycles. The summed E-state index contributed by atoms with van der Waals surface area (Å²) in [5.74, 6) is 0.823. The van der Waals surface area contributed by atoms with E-state index >= 15 is 0 Å². The Bertz CT molecular complexity index is 434. The standard InChI is InChI=1S/C16H25NO3/c1-11(2)19-9-13(18)10-20-14-5-6-15-12(8-14)4-7-16(15)17-3/h5-6,8,11,13,16-18H,4,7,9-10H2,1-3H3. The Morgan fingerprint density at radius 1 is 1.35 bits per heavy atom. The van der Waals surface area contributed by atoms with E-state index < -0.39 is 6.10 Å². The van der Waals surface area contributed by atoms with Gasteiger partial charge in [0.25, 0.3) is 0 Å². The van der Waals surface area contributed by atoms with Crippen LogP contribution in [-0.2, 0) is 11.2 Å². The number of hydrogen-bond donors (Lipinski definition) is 2. The predicted octanol–water partition coefficient (Wildman–Crippen LogP) is 2.06. The second kappa shape index (κ2) is 7.07. The maximum absolute atomic E-state index is 9.77. The Labute approximate surface area is 121 Å². The summed E-state index contributed by atoms with van der Waals surface area (Å²) in [7, 11) is 2.00. The molecule has 0 fully saturated rings. The summed E-state index contributed by atoms with van der Waals surface area (Å²) in [5, 5.41) is 13.1. The number of hydrogen-bond acceptors (Lipinski definition) is 4. The van der Waals surface area contributed by atoms with Crippen molar-refractivity contribution in [3.63, 3.8) is 0 Å². The van der Waals surface area contributed by atoms with Crippen LogP contribution >= 0.6 is 0 Å². The van der Waals surface area contributed by atoms with Gasteiger partial charge in [-0.3, -0.25) is 0 Å². The van der Waals surface area contributed by atoms with Crippen LogP contribution in [-0.4, -0.2) is 37.6 Å². The van der Waals surface area contributed by atoms with Crippen molar-refractivity contribution in [3.8, 4) is 5.75 Å². The van der Waals surface area contributed by atoms with Gasteiger partial charge in [0.05, 0.1) is 12.7 Å². The van der Waals surface area contributed by atoms with Crippen LogP contribution in [0.2, 0.25) is 0 Å². The summed E-state index contributed by atoms with van der Waals surface area (Å²) < 4.78 is 11.0. The van der Waals surface area contributed by atoms with E-state index in [0.717, 1.165) is 18.6 Å². The Morgan fingerprint density at radius 2 is 2.15 bits per heavy atom. The number of benzene rings is 1. The monoisotopic (exact) mass is 279 g/mol. The molecule has 20 heavy (non-hydrogen) atoms. The fourth-order valence-electron chi connectivity index (χ4n) is 2.53. The van der Waals surface area contributed by atoms with Crippen LogP contribution in [0.3, 0.4) is 0 Å². The molecule has 0 aromatic heterocycles. The quantitative estimate of drug-likeness (QED) is 0.802. The zero-order chi connectivity index (χ0) is 14.5. The van der Waals surface area contributed by atoms with Crippen LogP contribution in [0, 0.1) is 0 Å². The maximum atomic E-state index is 9.77. The number of rotatable bonds is 7. The van der Waals surface area contributed by atoms with E-state index in [1.165, 1.54) is 11.1 Å². The highest BCUT2D eigenvalue weighted by Gasteiger charge is 2.21. The molecule has 1 aliphatic carbocycles. The van der Waals surface area contributed by atoms with Crippen LogP contribution in [0.5, 0.6) is 5.75 Å². The smallest absolute Gasteiger partial charge is 0.119 e. The first-order valence-corrected chi connectivity index (χ1v) is 7.32. The SMILES string of the molecule is CNC1CCc2cc(OCC(O)COC(C)C)ccc21. The topological polar surface area (TPSA) is 50.7 Å². The Morgan fingerprint density at radius 3 is 2.85 bits per heavy atom. The van der Waals surface area contributed by atoms with Crippen molar-refractivity contribution in [2.75, 3.05) is 20.3 Å². The third-order valence-corrected chi connectivity index (χ3v) is 3.60. The highest BCUT2D eigenvalue weighted by molar-refractivity contribution is 5.40. The van der Waals surface area contributed by atoms with E-state index in [9.17, 15) is 5.11 Å². The van der Waals surface area contributed by atoms with Gasteiger partial charge in [-0.15, -0.1) is 0 Å². The van der Waals surface area contributed by atoms with Gasteiger partial charge in [-0.05, 0) is 57.0 Å². The lowest BCUT2D eigenvalue weighted by molar-refractivity contribution is -0.0122. The lowest BCUT2D eigenvalue weighted by Crippen LogP contribution is -2.25. The number of fused-ring (bicyclic) bond motifs is 1. The van der Waals surface area contributed by atoms with Gasteiger partial charge in [-0.2, -0.15) is 0 Å². The summed E-state index contributed by atoms with van der Waals surface area (Å²) >= 11 is 0. The molecule has 4 heteroatoms. The van der Waals surface area contributed by atoms with Crippen LogP contribution in [0.4, 0.5) is 0 Å². The summed E-state index contributed by atoms with van der Waals surface area (Å²) in [6.07, 6.45) is 1.76. The number of aliphatic hydroxyl groups excluding tert-OH is 1. The summed E-state index contributed by atoms with van der Waals surface area (Å²) in [5.41, 5.74) is 2.71. The minimum Gasteiger partial charge on any atom is -0.491 e. The molecule has 0 saturated carbocycles. The number of nitrogens with one attached hydrogen (secondary N) is 1. The van der Waals surface area contributed by atoms with Crippen molar-refractivity contribution in [3.05, 3.63) is 29.3 Å². The minimum absolute atomic E-state index is 0.128. The van der Waals surface area contributed by atoms with Crippen molar-refractivity contribution in [2.45, 2.75) is 44.9 Å². The average Bonchev–Trinajstić information content (AvgIpc) is 2.85. The molecule has 2 rings (SSSR count). The molecule has 0 spiro atoms. The molecule has 1 aromatic carbocycles. The third kappa shape index (κ3) is 3.95. The second-order valence-corrected chi connectivity index (χ2v) is 5.59. The van der Waals surface area contributed by atoms with Crippen molar-refractivity contribution in [1.82, 2.24) is 5.32 Å². The maximum Gasteiger partial charge on any atom is 0.119 e. The first kappa shape index (κ1) is 15.3. The normalized spacial score (nSPS) is 19.1. The molecule has 2 N–H and O–H groups in total. The zero-order valence-corrected chi connectivity index (χ0v) is 12.6.